The van der Waals surface area contributed by atoms with Gasteiger partial charge in [0.1, 0.15) is 5.82 Å². The number of urea groups is 1. The largest absolute Gasteiger partial charge is 0.370 e. The van der Waals surface area contributed by atoms with Gasteiger partial charge in [0, 0.05) is 30.4 Å². The standard InChI is InChI=1S/C41H44N6O2/c1-27-12-3-8-18-34(27)44-41(49)45-35(26-38(42)48)31-19-20-37-36(25-31)43-40(47(37)23-11-22-46-21-10-9-13-28(46)2)39-32-16-6-4-14-29(32)24-30-15-5-7-17-33(30)39/h3-8,12,14-20,24-25,28,35H,9-11,13,21-23,26H2,1-2H3,(H2,42,48)(H2,44,45,49). The van der Waals surface area contributed by atoms with Crippen LogP contribution in [-0.2, 0) is 11.3 Å². The molecule has 1 aromatic heterocycles. The van der Waals surface area contributed by atoms with E-state index in [1.807, 2.05) is 43.3 Å². The number of nitrogens with one attached hydrogen (secondary N) is 2. The van der Waals surface area contributed by atoms with Gasteiger partial charge >= 0.3 is 6.03 Å². The Labute approximate surface area is 287 Å². The van der Waals surface area contributed by atoms with Crippen LogP contribution >= 0.6 is 0 Å². The van der Waals surface area contributed by atoms with E-state index < -0.39 is 18.0 Å². The SMILES string of the molecule is Cc1ccccc1NC(=O)NC(CC(N)=O)c1ccc2c(c1)nc(-c1c3ccccc3cc3ccccc13)n2CCCN1CCCCC1C. The zero-order chi connectivity index (χ0) is 33.9. The Balaban J connectivity index is 1.30. The second-order valence-electron chi connectivity index (χ2n) is 13.4. The normalized spacial score (nSPS) is 15.8. The number of hydrogen-bond acceptors (Lipinski definition) is 4. The third-order valence-corrected chi connectivity index (χ3v) is 10.0. The van der Waals surface area contributed by atoms with Crippen molar-refractivity contribution in [3.8, 4) is 11.4 Å². The summed E-state index contributed by atoms with van der Waals surface area (Å²) in [5.41, 5.74) is 11.1. The fourth-order valence-electron chi connectivity index (χ4n) is 7.44. The molecule has 0 saturated carbocycles. The number of nitrogens with two attached hydrogens (primary N) is 1. The summed E-state index contributed by atoms with van der Waals surface area (Å²) in [5.74, 6) is 0.422. The van der Waals surface area contributed by atoms with Gasteiger partial charge in [-0.05, 0) is 96.6 Å². The molecule has 3 amide bonds. The summed E-state index contributed by atoms with van der Waals surface area (Å²) in [6.45, 7) is 7.29. The van der Waals surface area contributed by atoms with Crippen LogP contribution in [0.15, 0.2) is 97.1 Å². The van der Waals surface area contributed by atoms with Crippen LogP contribution in [0.25, 0.3) is 44.0 Å². The molecule has 1 aliphatic rings. The van der Waals surface area contributed by atoms with Crippen molar-refractivity contribution in [2.75, 3.05) is 18.4 Å². The number of piperidine rings is 1. The molecule has 2 atom stereocenters. The van der Waals surface area contributed by atoms with E-state index in [4.69, 9.17) is 10.7 Å². The number of imidazole rings is 1. The average Bonchev–Trinajstić information content (AvgIpc) is 3.45. The van der Waals surface area contributed by atoms with Crippen molar-refractivity contribution >= 4 is 50.2 Å². The molecule has 5 aromatic carbocycles. The van der Waals surface area contributed by atoms with Crippen LogP contribution in [-0.4, -0.2) is 45.5 Å². The molecular formula is C41H44N6O2. The topological polar surface area (TPSA) is 105 Å². The number of likely N-dealkylation sites (tertiary alicyclic amines) is 1. The maximum atomic E-state index is 13.2. The van der Waals surface area contributed by atoms with Gasteiger partial charge in [-0.3, -0.25) is 4.79 Å². The number of benzene rings is 5. The second kappa shape index (κ2) is 14.1. The first-order valence-corrected chi connectivity index (χ1v) is 17.4. The number of rotatable bonds is 10. The zero-order valence-corrected chi connectivity index (χ0v) is 28.3. The molecule has 2 heterocycles. The van der Waals surface area contributed by atoms with Gasteiger partial charge in [-0.2, -0.15) is 0 Å². The number of aryl methyl sites for hydroxylation is 2. The van der Waals surface area contributed by atoms with E-state index in [0.29, 0.717) is 11.7 Å². The van der Waals surface area contributed by atoms with Crippen molar-refractivity contribution < 1.29 is 9.59 Å². The molecule has 4 N–H and O–H groups in total. The molecule has 6 aromatic rings. The lowest BCUT2D eigenvalue weighted by Crippen LogP contribution is -2.38. The molecule has 1 saturated heterocycles. The summed E-state index contributed by atoms with van der Waals surface area (Å²) >= 11 is 0. The Morgan fingerprint density at radius 1 is 0.898 bits per heavy atom. The third kappa shape index (κ3) is 6.87. The minimum Gasteiger partial charge on any atom is -0.370 e. The molecular weight excluding hydrogens is 608 g/mol. The lowest BCUT2D eigenvalue weighted by Gasteiger charge is -2.33. The number of carbonyl (C=O) groups excluding carboxylic acids is 2. The van der Waals surface area contributed by atoms with Crippen LogP contribution in [0, 0.1) is 6.92 Å². The van der Waals surface area contributed by atoms with E-state index in [2.05, 4.69) is 87.7 Å². The Kier molecular flexibility index (Phi) is 9.31. The monoisotopic (exact) mass is 652 g/mol. The highest BCUT2D eigenvalue weighted by atomic mass is 16.2. The molecule has 7 rings (SSSR count). The fraction of sp³-hybridized carbons (Fsp3) is 0.293. The number of aromatic nitrogens is 2. The van der Waals surface area contributed by atoms with Gasteiger partial charge in [-0.15, -0.1) is 0 Å². The summed E-state index contributed by atoms with van der Waals surface area (Å²) in [7, 11) is 0. The number of amides is 3. The van der Waals surface area contributed by atoms with Gasteiger partial charge < -0.3 is 25.8 Å². The predicted octanol–water partition coefficient (Wildman–Crippen LogP) is 8.32. The highest BCUT2D eigenvalue weighted by molar-refractivity contribution is 6.12. The van der Waals surface area contributed by atoms with Crippen LogP contribution < -0.4 is 16.4 Å². The van der Waals surface area contributed by atoms with Gasteiger partial charge in [0.05, 0.1) is 23.5 Å². The lowest BCUT2D eigenvalue weighted by atomic mass is 9.96. The molecule has 0 bridgehead atoms. The number of primary amides is 1. The van der Waals surface area contributed by atoms with Gasteiger partial charge in [0.2, 0.25) is 5.91 Å². The minimum atomic E-state index is -0.626. The van der Waals surface area contributed by atoms with Crippen molar-refractivity contribution in [2.24, 2.45) is 5.73 Å². The predicted molar refractivity (Wildman–Crippen MR) is 200 cm³/mol. The highest BCUT2D eigenvalue weighted by Gasteiger charge is 2.23. The summed E-state index contributed by atoms with van der Waals surface area (Å²) in [5, 5.41) is 10.6. The Bertz CT molecular complexity index is 2100. The van der Waals surface area contributed by atoms with Crippen molar-refractivity contribution in [2.45, 2.75) is 64.6 Å². The van der Waals surface area contributed by atoms with Gasteiger partial charge in [0.25, 0.3) is 0 Å². The molecule has 250 valence electrons. The number of hydrogen-bond donors (Lipinski definition) is 3. The Hall–Kier alpha value is -5.21. The van der Waals surface area contributed by atoms with Crippen molar-refractivity contribution in [1.82, 2.24) is 19.8 Å². The van der Waals surface area contributed by atoms with E-state index in [0.717, 1.165) is 70.4 Å². The lowest BCUT2D eigenvalue weighted by molar-refractivity contribution is -0.118. The number of para-hydroxylation sites is 1. The fourth-order valence-corrected chi connectivity index (χ4v) is 7.44. The molecule has 1 fully saturated rings. The zero-order valence-electron chi connectivity index (χ0n) is 28.3. The minimum absolute atomic E-state index is 0.0394. The highest BCUT2D eigenvalue weighted by Crippen LogP contribution is 2.38. The number of anilines is 1. The molecule has 0 radical (unpaired) electrons. The molecule has 1 aliphatic heterocycles. The van der Waals surface area contributed by atoms with Crippen LogP contribution in [0.4, 0.5) is 10.5 Å². The first kappa shape index (κ1) is 32.3. The molecule has 0 aliphatic carbocycles. The van der Waals surface area contributed by atoms with Crippen molar-refractivity contribution in [3.63, 3.8) is 0 Å². The van der Waals surface area contributed by atoms with E-state index in [9.17, 15) is 9.59 Å². The second-order valence-corrected chi connectivity index (χ2v) is 13.4. The molecule has 2 unspecified atom stereocenters. The maximum absolute atomic E-state index is 13.2. The number of fused-ring (bicyclic) bond motifs is 3. The smallest absolute Gasteiger partial charge is 0.319 e. The van der Waals surface area contributed by atoms with Gasteiger partial charge in [-0.1, -0.05) is 79.2 Å². The molecule has 8 nitrogen and oxygen atoms in total. The van der Waals surface area contributed by atoms with Crippen LogP contribution in [0.5, 0.6) is 0 Å². The molecule has 49 heavy (non-hydrogen) atoms. The first-order chi connectivity index (χ1) is 23.9. The molecule has 8 heteroatoms. The van der Waals surface area contributed by atoms with E-state index in [-0.39, 0.29) is 6.42 Å². The summed E-state index contributed by atoms with van der Waals surface area (Å²) in [6.07, 6.45) is 4.79. The average molecular weight is 653 g/mol. The van der Waals surface area contributed by atoms with Crippen LogP contribution in [0.1, 0.15) is 56.2 Å². The third-order valence-electron chi connectivity index (χ3n) is 10.0. The number of carbonyl (C=O) groups is 2. The van der Waals surface area contributed by atoms with E-state index >= 15 is 0 Å². The summed E-state index contributed by atoms with van der Waals surface area (Å²) in [6, 6.07) is 32.5. The molecule has 0 spiro atoms. The Morgan fingerprint density at radius 2 is 1.61 bits per heavy atom. The summed E-state index contributed by atoms with van der Waals surface area (Å²) < 4.78 is 2.36. The van der Waals surface area contributed by atoms with Gasteiger partial charge in [-0.25, -0.2) is 9.78 Å². The van der Waals surface area contributed by atoms with Crippen molar-refractivity contribution in [3.05, 3.63) is 108 Å². The van der Waals surface area contributed by atoms with Crippen LogP contribution in [0.3, 0.4) is 0 Å². The maximum Gasteiger partial charge on any atom is 0.319 e. The van der Waals surface area contributed by atoms with Crippen molar-refractivity contribution in [1.29, 1.82) is 0 Å². The Morgan fingerprint density at radius 3 is 2.33 bits per heavy atom. The quantitative estimate of drug-likeness (QED) is 0.129. The van der Waals surface area contributed by atoms with E-state index in [1.54, 1.807) is 0 Å². The van der Waals surface area contributed by atoms with Gasteiger partial charge in [0.15, 0.2) is 0 Å². The summed E-state index contributed by atoms with van der Waals surface area (Å²) in [4.78, 5) is 33.4. The van der Waals surface area contributed by atoms with Crippen LogP contribution in [0.2, 0.25) is 0 Å². The number of nitrogens with zero attached hydrogens (tertiary/aromatic N) is 3. The first-order valence-electron chi connectivity index (χ1n) is 17.4. The van der Waals surface area contributed by atoms with E-state index in [1.165, 1.54) is 30.0 Å².